The van der Waals surface area contributed by atoms with Gasteiger partial charge in [-0.2, -0.15) is 0 Å². The number of likely N-dealkylation sites (tertiary alicyclic amines) is 1. The molecule has 1 saturated heterocycles. The third kappa shape index (κ3) is 4.06. The summed E-state index contributed by atoms with van der Waals surface area (Å²) in [5.74, 6) is -0.567. The highest BCUT2D eigenvalue weighted by Crippen LogP contribution is 2.41. The summed E-state index contributed by atoms with van der Waals surface area (Å²) in [6.45, 7) is 6.82. The molecular weight excluding hydrogens is 432 g/mol. The maximum Gasteiger partial charge on any atom is 0.295 e. The van der Waals surface area contributed by atoms with Crippen molar-refractivity contribution in [1.29, 1.82) is 0 Å². The van der Waals surface area contributed by atoms with E-state index < -0.39 is 17.7 Å². The van der Waals surface area contributed by atoms with Crippen LogP contribution in [0.25, 0.3) is 5.76 Å². The molecule has 0 aromatic heterocycles. The molecule has 2 aromatic rings. The topological polar surface area (TPSA) is 79.3 Å². The molecule has 1 fully saturated rings. The Balaban J connectivity index is 1.79. The second-order valence-corrected chi connectivity index (χ2v) is 8.08. The molecule has 2 aliphatic heterocycles. The predicted octanol–water partition coefficient (Wildman–Crippen LogP) is 3.83. The molecule has 0 radical (unpaired) electrons. The highest BCUT2D eigenvalue weighted by atomic mass is 35.5. The lowest BCUT2D eigenvalue weighted by Crippen LogP contribution is -2.38. The highest BCUT2D eigenvalue weighted by Gasteiger charge is 2.46. The predicted molar refractivity (Wildman–Crippen MR) is 121 cm³/mol. The van der Waals surface area contributed by atoms with Crippen molar-refractivity contribution in [2.24, 2.45) is 0 Å². The minimum absolute atomic E-state index is 0.0377. The average molecular weight is 457 g/mol. The number of fused-ring (bicyclic) bond motifs is 1. The van der Waals surface area contributed by atoms with Gasteiger partial charge in [0.2, 0.25) is 6.79 Å². The van der Waals surface area contributed by atoms with Crippen LogP contribution < -0.4 is 9.47 Å². The maximum absolute atomic E-state index is 13.1. The Labute approximate surface area is 191 Å². The number of halogens is 1. The number of hydrogen-bond acceptors (Lipinski definition) is 6. The molecule has 0 saturated carbocycles. The lowest BCUT2D eigenvalue weighted by atomic mass is 9.95. The third-order valence-corrected chi connectivity index (χ3v) is 6.14. The molecule has 1 unspecified atom stereocenters. The van der Waals surface area contributed by atoms with Gasteiger partial charge in [0.15, 0.2) is 11.5 Å². The van der Waals surface area contributed by atoms with Crippen molar-refractivity contribution >= 4 is 29.1 Å². The molecule has 7 nitrogen and oxygen atoms in total. The molecular formula is C24H25ClN2O5. The minimum Gasteiger partial charge on any atom is -0.507 e. The number of ketones is 1. The van der Waals surface area contributed by atoms with Gasteiger partial charge in [0.1, 0.15) is 5.76 Å². The second kappa shape index (κ2) is 9.22. The highest BCUT2D eigenvalue weighted by molar-refractivity contribution is 6.46. The quantitative estimate of drug-likeness (QED) is 0.387. The summed E-state index contributed by atoms with van der Waals surface area (Å²) in [7, 11) is 0. The van der Waals surface area contributed by atoms with Crippen molar-refractivity contribution in [1.82, 2.24) is 9.80 Å². The van der Waals surface area contributed by atoms with E-state index in [1.165, 1.54) is 4.90 Å². The monoisotopic (exact) mass is 456 g/mol. The third-order valence-electron chi connectivity index (χ3n) is 5.90. The molecule has 2 aromatic carbocycles. The number of carbonyl (C=O) groups is 2. The number of rotatable bonds is 7. The van der Waals surface area contributed by atoms with Crippen molar-refractivity contribution in [3.63, 3.8) is 0 Å². The first-order chi connectivity index (χ1) is 15.4. The van der Waals surface area contributed by atoms with E-state index in [2.05, 4.69) is 4.90 Å². The molecule has 1 atom stereocenters. The smallest absolute Gasteiger partial charge is 0.295 e. The summed E-state index contributed by atoms with van der Waals surface area (Å²) in [5, 5.41) is 11.7. The summed E-state index contributed by atoms with van der Waals surface area (Å²) in [6.07, 6.45) is 0. The van der Waals surface area contributed by atoms with E-state index in [0.717, 1.165) is 13.1 Å². The van der Waals surface area contributed by atoms with Crippen LogP contribution in [0.15, 0.2) is 48.0 Å². The molecule has 168 valence electrons. The van der Waals surface area contributed by atoms with Gasteiger partial charge in [0, 0.05) is 23.7 Å². The molecule has 8 heteroatoms. The average Bonchev–Trinajstić information content (AvgIpc) is 3.36. The summed E-state index contributed by atoms with van der Waals surface area (Å²) in [6, 6.07) is 11.2. The SMILES string of the molecule is CCN(CC)CCN1C(=O)C(=O)/C(=C(/O)c2ccc3c(c2)OCO3)C1c1cccc(Cl)c1. The Morgan fingerprint density at radius 2 is 1.88 bits per heavy atom. The number of benzene rings is 2. The molecule has 1 N–H and O–H groups in total. The van der Waals surface area contributed by atoms with E-state index in [0.29, 0.717) is 40.7 Å². The van der Waals surface area contributed by atoms with Crippen molar-refractivity contribution in [2.45, 2.75) is 19.9 Å². The number of aliphatic hydroxyl groups excluding tert-OH is 1. The van der Waals surface area contributed by atoms with Gasteiger partial charge in [-0.15, -0.1) is 0 Å². The number of carbonyl (C=O) groups excluding carboxylic acids is 2. The Kier molecular flexibility index (Phi) is 6.39. The Morgan fingerprint density at radius 1 is 1.12 bits per heavy atom. The standard InChI is InChI=1S/C24H25ClN2O5/c1-3-26(4-2)10-11-27-21(15-6-5-7-17(25)12-15)20(23(29)24(27)30)22(28)16-8-9-18-19(13-16)32-14-31-18/h5-9,12-13,21,28H,3-4,10-11,14H2,1-2H3/b22-20+. The van der Waals surface area contributed by atoms with E-state index in [9.17, 15) is 14.7 Å². The van der Waals surface area contributed by atoms with Crippen molar-refractivity contribution < 1.29 is 24.2 Å². The second-order valence-electron chi connectivity index (χ2n) is 7.64. The van der Waals surface area contributed by atoms with Crippen LogP contribution in [0, 0.1) is 0 Å². The molecule has 4 rings (SSSR count). The first-order valence-electron chi connectivity index (χ1n) is 10.6. The molecule has 32 heavy (non-hydrogen) atoms. The molecule has 1 amide bonds. The van der Waals surface area contributed by atoms with Crippen LogP contribution in [0.5, 0.6) is 11.5 Å². The lowest BCUT2D eigenvalue weighted by Gasteiger charge is -2.28. The van der Waals surface area contributed by atoms with Gasteiger partial charge in [-0.3, -0.25) is 9.59 Å². The van der Waals surface area contributed by atoms with Gasteiger partial charge in [-0.05, 0) is 49.0 Å². The van der Waals surface area contributed by atoms with Gasteiger partial charge in [-0.1, -0.05) is 37.6 Å². The van der Waals surface area contributed by atoms with E-state index >= 15 is 0 Å². The molecule has 0 spiro atoms. The van der Waals surface area contributed by atoms with Crippen molar-refractivity contribution in [2.75, 3.05) is 33.0 Å². The van der Waals surface area contributed by atoms with Crippen molar-refractivity contribution in [3.8, 4) is 11.5 Å². The van der Waals surface area contributed by atoms with Gasteiger partial charge >= 0.3 is 0 Å². The summed E-state index contributed by atoms with van der Waals surface area (Å²) < 4.78 is 10.7. The van der Waals surface area contributed by atoms with Gasteiger partial charge in [0.25, 0.3) is 11.7 Å². The lowest BCUT2D eigenvalue weighted by molar-refractivity contribution is -0.140. The van der Waals surface area contributed by atoms with E-state index in [1.54, 1.807) is 42.5 Å². The number of hydrogen-bond donors (Lipinski definition) is 1. The number of ether oxygens (including phenoxy) is 2. The molecule has 0 bridgehead atoms. The number of nitrogens with zero attached hydrogens (tertiary/aromatic N) is 2. The summed E-state index contributed by atoms with van der Waals surface area (Å²) >= 11 is 6.22. The van der Waals surface area contributed by atoms with Crippen LogP contribution >= 0.6 is 11.6 Å². The fourth-order valence-corrected chi connectivity index (χ4v) is 4.32. The zero-order chi connectivity index (χ0) is 22.8. The van der Waals surface area contributed by atoms with Crippen LogP contribution in [0.1, 0.15) is 31.0 Å². The van der Waals surface area contributed by atoms with Crippen LogP contribution in [0.3, 0.4) is 0 Å². The Bertz CT molecular complexity index is 1080. The fraction of sp³-hybridized carbons (Fsp3) is 0.333. The van der Waals surface area contributed by atoms with Crippen molar-refractivity contribution in [3.05, 3.63) is 64.2 Å². The Hall–Kier alpha value is -3.03. The summed E-state index contributed by atoms with van der Waals surface area (Å²) in [4.78, 5) is 29.8. The van der Waals surface area contributed by atoms with Gasteiger partial charge in [0.05, 0.1) is 11.6 Å². The van der Waals surface area contributed by atoms with Crippen LogP contribution in [-0.2, 0) is 9.59 Å². The first kappa shape index (κ1) is 22.2. The number of amides is 1. The number of likely N-dealkylation sites (N-methyl/N-ethyl adjacent to an activating group) is 1. The van der Waals surface area contributed by atoms with Gasteiger partial charge in [-0.25, -0.2) is 0 Å². The van der Waals surface area contributed by atoms with Crippen LogP contribution in [0.4, 0.5) is 0 Å². The zero-order valence-electron chi connectivity index (χ0n) is 18.0. The molecule has 2 heterocycles. The van der Waals surface area contributed by atoms with E-state index in [-0.39, 0.29) is 18.1 Å². The fourth-order valence-electron chi connectivity index (χ4n) is 4.12. The normalized spacial score (nSPS) is 19.2. The number of aliphatic hydroxyl groups is 1. The maximum atomic E-state index is 13.1. The number of Topliss-reactive ketones (excluding diaryl/α,β-unsaturated/α-hetero) is 1. The van der Waals surface area contributed by atoms with E-state index in [4.69, 9.17) is 21.1 Å². The Morgan fingerprint density at radius 3 is 2.59 bits per heavy atom. The first-order valence-corrected chi connectivity index (χ1v) is 11.0. The van der Waals surface area contributed by atoms with Crippen LogP contribution in [0.2, 0.25) is 5.02 Å². The largest absolute Gasteiger partial charge is 0.507 e. The zero-order valence-corrected chi connectivity index (χ0v) is 18.8. The van der Waals surface area contributed by atoms with Gasteiger partial charge < -0.3 is 24.4 Å². The molecule has 0 aliphatic carbocycles. The molecule has 2 aliphatic rings. The minimum atomic E-state index is -0.741. The van der Waals surface area contributed by atoms with Crippen LogP contribution in [-0.4, -0.2) is 59.6 Å². The summed E-state index contributed by atoms with van der Waals surface area (Å²) in [5.41, 5.74) is 1.08. The van der Waals surface area contributed by atoms with E-state index in [1.807, 2.05) is 13.8 Å².